The number of carbonyl (C=O) groups is 1. The molecule has 0 radical (unpaired) electrons. The molecular formula is C21H25NO4. The highest BCUT2D eigenvalue weighted by Crippen LogP contribution is 2.51. The normalized spacial score (nSPS) is 27.1. The van der Waals surface area contributed by atoms with Gasteiger partial charge in [0, 0.05) is 23.1 Å². The molecule has 2 aliphatic heterocycles. The van der Waals surface area contributed by atoms with Crippen LogP contribution >= 0.6 is 0 Å². The molecule has 0 aliphatic carbocycles. The number of methoxy groups -OCH3 is 1. The summed E-state index contributed by atoms with van der Waals surface area (Å²) in [5.74, 6) is 1.71. The highest BCUT2D eigenvalue weighted by atomic mass is 16.5. The first-order chi connectivity index (χ1) is 12.6. The first kappa shape index (κ1) is 17.2. The molecule has 4 rings (SSSR count). The molecule has 3 heterocycles. The number of benzene rings is 1. The molecule has 26 heavy (non-hydrogen) atoms. The van der Waals surface area contributed by atoms with E-state index in [0.717, 1.165) is 37.0 Å². The third kappa shape index (κ3) is 2.53. The molecule has 0 unspecified atom stereocenters. The van der Waals surface area contributed by atoms with Crippen LogP contribution in [0.25, 0.3) is 11.3 Å². The third-order valence-electron chi connectivity index (χ3n) is 6.28. The fraction of sp³-hybridized carbons (Fsp3) is 0.476. The van der Waals surface area contributed by atoms with E-state index in [1.54, 1.807) is 13.2 Å². The van der Waals surface area contributed by atoms with Crippen LogP contribution in [0.1, 0.15) is 43.2 Å². The summed E-state index contributed by atoms with van der Waals surface area (Å²) in [7, 11) is 1.63. The number of furan rings is 1. The number of rotatable bonds is 5. The van der Waals surface area contributed by atoms with Gasteiger partial charge in [0.15, 0.2) is 5.76 Å². The Labute approximate surface area is 153 Å². The average Bonchev–Trinajstić information content (AvgIpc) is 3.41. The van der Waals surface area contributed by atoms with Crippen molar-refractivity contribution >= 4 is 5.91 Å². The summed E-state index contributed by atoms with van der Waals surface area (Å²) in [6.45, 7) is 2.25. The van der Waals surface area contributed by atoms with Crippen LogP contribution in [0.3, 0.4) is 0 Å². The van der Waals surface area contributed by atoms with E-state index in [1.165, 1.54) is 0 Å². The Balaban J connectivity index is 1.59. The van der Waals surface area contributed by atoms with Gasteiger partial charge in [-0.2, -0.15) is 0 Å². The van der Waals surface area contributed by atoms with Gasteiger partial charge in [0.25, 0.3) is 5.91 Å². The van der Waals surface area contributed by atoms with Gasteiger partial charge in [-0.1, -0.05) is 19.1 Å². The molecule has 5 nitrogen and oxygen atoms in total. The summed E-state index contributed by atoms with van der Waals surface area (Å²) < 4.78 is 11.1. The fourth-order valence-corrected chi connectivity index (χ4v) is 4.77. The fourth-order valence-electron chi connectivity index (χ4n) is 4.77. The molecule has 2 aromatic rings. The molecule has 2 saturated heterocycles. The van der Waals surface area contributed by atoms with E-state index in [9.17, 15) is 9.90 Å². The molecule has 1 aromatic carbocycles. The van der Waals surface area contributed by atoms with Crippen molar-refractivity contribution in [2.24, 2.45) is 5.41 Å². The lowest BCUT2D eigenvalue weighted by Gasteiger charge is -2.34. The highest BCUT2D eigenvalue weighted by molar-refractivity contribution is 5.93. The van der Waals surface area contributed by atoms with E-state index in [4.69, 9.17) is 9.15 Å². The van der Waals surface area contributed by atoms with Crippen LogP contribution in [0, 0.1) is 5.41 Å². The number of ether oxygens (including phenoxy) is 1. The molecular weight excluding hydrogens is 330 g/mol. The van der Waals surface area contributed by atoms with Gasteiger partial charge in [-0.05, 0) is 49.9 Å². The summed E-state index contributed by atoms with van der Waals surface area (Å²) in [6, 6.07) is 11.5. The molecule has 2 bridgehead atoms. The van der Waals surface area contributed by atoms with Gasteiger partial charge < -0.3 is 19.2 Å². The molecule has 2 fully saturated rings. The second kappa shape index (κ2) is 6.47. The van der Waals surface area contributed by atoms with E-state index in [1.807, 2.05) is 35.2 Å². The minimum absolute atomic E-state index is 0.0598. The topological polar surface area (TPSA) is 62.9 Å². The van der Waals surface area contributed by atoms with Crippen LogP contribution in [-0.4, -0.2) is 41.7 Å². The quantitative estimate of drug-likeness (QED) is 0.888. The van der Waals surface area contributed by atoms with Crippen LogP contribution in [0.4, 0.5) is 0 Å². The largest absolute Gasteiger partial charge is 0.497 e. The van der Waals surface area contributed by atoms with Crippen molar-refractivity contribution in [1.82, 2.24) is 4.90 Å². The van der Waals surface area contributed by atoms with Crippen LogP contribution in [-0.2, 0) is 0 Å². The van der Waals surface area contributed by atoms with Crippen molar-refractivity contribution in [1.29, 1.82) is 0 Å². The van der Waals surface area contributed by atoms with Crippen molar-refractivity contribution < 1.29 is 19.1 Å². The molecule has 0 saturated carbocycles. The summed E-state index contributed by atoms with van der Waals surface area (Å²) in [4.78, 5) is 15.1. The van der Waals surface area contributed by atoms with Crippen molar-refractivity contribution in [3.05, 3.63) is 42.2 Å². The summed E-state index contributed by atoms with van der Waals surface area (Å²) in [5.41, 5.74) is 0.729. The maximum Gasteiger partial charge on any atom is 0.290 e. The van der Waals surface area contributed by atoms with E-state index in [-0.39, 0.29) is 30.0 Å². The summed E-state index contributed by atoms with van der Waals surface area (Å²) in [6.07, 6.45) is 3.76. The van der Waals surface area contributed by atoms with Gasteiger partial charge in [0.05, 0.1) is 13.7 Å². The van der Waals surface area contributed by atoms with Crippen molar-refractivity contribution in [2.45, 2.75) is 44.7 Å². The maximum absolute atomic E-state index is 13.1. The van der Waals surface area contributed by atoms with E-state index in [0.29, 0.717) is 11.5 Å². The number of hydrogen-bond donors (Lipinski definition) is 1. The lowest BCUT2D eigenvalue weighted by molar-refractivity contribution is 0.0534. The Morgan fingerprint density at radius 1 is 1.35 bits per heavy atom. The zero-order chi connectivity index (χ0) is 18.3. The standard InChI is InChI=1S/C21H25NO4/c1-3-21(13-23)12-15-7-10-19(21)22(15)20(24)18-9-8-17(26-18)14-5-4-6-16(11-14)25-2/h4-6,8-9,11,15,19,23H,3,7,10,12-13H2,1-2H3/t15-,19+,21-/m0/s1. The molecule has 1 amide bonds. The zero-order valence-electron chi connectivity index (χ0n) is 15.3. The smallest absolute Gasteiger partial charge is 0.290 e. The first-order valence-corrected chi connectivity index (χ1v) is 9.29. The van der Waals surface area contributed by atoms with Gasteiger partial charge in [-0.3, -0.25) is 4.79 Å². The second-order valence-electron chi connectivity index (χ2n) is 7.43. The second-order valence-corrected chi connectivity index (χ2v) is 7.43. The van der Waals surface area contributed by atoms with Gasteiger partial charge in [0.2, 0.25) is 0 Å². The molecule has 1 N–H and O–H groups in total. The van der Waals surface area contributed by atoms with Crippen molar-refractivity contribution in [3.63, 3.8) is 0 Å². The molecule has 0 spiro atoms. The van der Waals surface area contributed by atoms with Crippen molar-refractivity contribution in [2.75, 3.05) is 13.7 Å². The number of aliphatic hydroxyl groups excluding tert-OH is 1. The molecule has 138 valence electrons. The predicted molar refractivity (Wildman–Crippen MR) is 98.1 cm³/mol. The Morgan fingerprint density at radius 3 is 2.88 bits per heavy atom. The third-order valence-corrected chi connectivity index (χ3v) is 6.28. The molecule has 5 heteroatoms. The van der Waals surface area contributed by atoms with Crippen LogP contribution < -0.4 is 4.74 Å². The lowest BCUT2D eigenvalue weighted by atomic mass is 9.72. The van der Waals surface area contributed by atoms with Gasteiger partial charge in [-0.25, -0.2) is 0 Å². The van der Waals surface area contributed by atoms with Crippen molar-refractivity contribution in [3.8, 4) is 17.1 Å². The molecule has 3 atom stereocenters. The van der Waals surface area contributed by atoms with Crippen LogP contribution in [0.15, 0.2) is 40.8 Å². The first-order valence-electron chi connectivity index (χ1n) is 9.29. The average molecular weight is 355 g/mol. The van der Waals surface area contributed by atoms with Gasteiger partial charge >= 0.3 is 0 Å². The minimum atomic E-state index is -0.152. The van der Waals surface area contributed by atoms with E-state index in [2.05, 4.69) is 6.92 Å². The minimum Gasteiger partial charge on any atom is -0.497 e. The monoisotopic (exact) mass is 355 g/mol. The number of fused-ring (bicyclic) bond motifs is 2. The molecule has 1 aromatic heterocycles. The Bertz CT molecular complexity index is 808. The van der Waals surface area contributed by atoms with Gasteiger partial charge in [0.1, 0.15) is 11.5 Å². The molecule has 2 aliphatic rings. The maximum atomic E-state index is 13.1. The Kier molecular flexibility index (Phi) is 4.27. The van der Waals surface area contributed by atoms with Gasteiger partial charge in [-0.15, -0.1) is 0 Å². The van der Waals surface area contributed by atoms with Crippen LogP contribution in [0.2, 0.25) is 0 Å². The van der Waals surface area contributed by atoms with E-state index < -0.39 is 0 Å². The number of carbonyl (C=O) groups excluding carboxylic acids is 1. The van der Waals surface area contributed by atoms with Crippen LogP contribution in [0.5, 0.6) is 5.75 Å². The predicted octanol–water partition coefficient (Wildman–Crippen LogP) is 3.72. The van der Waals surface area contributed by atoms with E-state index >= 15 is 0 Å². The Hall–Kier alpha value is -2.27. The number of aliphatic hydroxyl groups is 1. The Morgan fingerprint density at radius 2 is 2.19 bits per heavy atom. The number of nitrogens with zero attached hydrogens (tertiary/aromatic N) is 1. The zero-order valence-corrected chi connectivity index (χ0v) is 15.3. The summed E-state index contributed by atoms with van der Waals surface area (Å²) >= 11 is 0. The SMILES string of the molecule is CC[C@@]1(CO)C[C@@H]2CC[C@H]1N2C(=O)c1ccc(-c2cccc(OC)c2)o1. The summed E-state index contributed by atoms with van der Waals surface area (Å²) in [5, 5.41) is 9.94. The number of hydrogen-bond acceptors (Lipinski definition) is 4. The number of amides is 1. The lowest BCUT2D eigenvalue weighted by Crippen LogP contribution is -2.42. The highest BCUT2D eigenvalue weighted by Gasteiger charge is 2.56.